The lowest BCUT2D eigenvalue weighted by Crippen LogP contribution is -2.46. The van der Waals surface area contributed by atoms with E-state index in [-0.39, 0.29) is 12.0 Å². The number of carbonyl (C=O) groups excluding carboxylic acids is 1. The van der Waals surface area contributed by atoms with Gasteiger partial charge >= 0.3 is 0 Å². The van der Waals surface area contributed by atoms with Crippen molar-refractivity contribution in [2.45, 2.75) is 19.4 Å². The van der Waals surface area contributed by atoms with Gasteiger partial charge in [-0.3, -0.25) is 4.79 Å². The zero-order valence-electron chi connectivity index (χ0n) is 12.6. The molecule has 1 aliphatic rings. The molecule has 21 heavy (non-hydrogen) atoms. The molecule has 0 saturated carbocycles. The molecule has 2 heterocycles. The first-order chi connectivity index (χ1) is 10.2. The SMILES string of the molecule is CCCNc1cnc(C(=O)NCC2CN(C)CCO2)cn1. The normalized spacial score (nSPS) is 19.2. The maximum atomic E-state index is 12.0. The van der Waals surface area contributed by atoms with Crippen molar-refractivity contribution in [2.75, 3.05) is 45.2 Å². The van der Waals surface area contributed by atoms with Crippen molar-refractivity contribution in [3.63, 3.8) is 0 Å². The summed E-state index contributed by atoms with van der Waals surface area (Å²) in [5, 5.41) is 5.96. The van der Waals surface area contributed by atoms with Crippen molar-refractivity contribution >= 4 is 11.7 Å². The van der Waals surface area contributed by atoms with E-state index in [0.29, 0.717) is 24.7 Å². The maximum absolute atomic E-state index is 12.0. The Hall–Kier alpha value is -1.73. The Labute approximate surface area is 125 Å². The average Bonchev–Trinajstić information content (AvgIpc) is 2.51. The van der Waals surface area contributed by atoms with Gasteiger partial charge in [0.2, 0.25) is 0 Å². The second kappa shape index (κ2) is 7.90. The highest BCUT2D eigenvalue weighted by atomic mass is 16.5. The molecular weight excluding hydrogens is 270 g/mol. The van der Waals surface area contributed by atoms with Crippen LogP contribution in [-0.4, -0.2) is 66.7 Å². The van der Waals surface area contributed by atoms with Crippen LogP contribution in [0.25, 0.3) is 0 Å². The van der Waals surface area contributed by atoms with Gasteiger partial charge in [0.05, 0.1) is 25.1 Å². The summed E-state index contributed by atoms with van der Waals surface area (Å²) in [7, 11) is 2.05. The summed E-state index contributed by atoms with van der Waals surface area (Å²) in [6.45, 7) is 5.86. The van der Waals surface area contributed by atoms with Crippen LogP contribution in [0.1, 0.15) is 23.8 Å². The topological polar surface area (TPSA) is 79.4 Å². The van der Waals surface area contributed by atoms with E-state index in [0.717, 1.165) is 26.1 Å². The van der Waals surface area contributed by atoms with Crippen LogP contribution >= 0.6 is 0 Å². The minimum Gasteiger partial charge on any atom is -0.374 e. The van der Waals surface area contributed by atoms with Crippen molar-refractivity contribution in [3.05, 3.63) is 18.1 Å². The molecular formula is C14H23N5O2. The van der Waals surface area contributed by atoms with Crippen LogP contribution in [-0.2, 0) is 4.74 Å². The second-order valence-corrected chi connectivity index (χ2v) is 5.18. The summed E-state index contributed by atoms with van der Waals surface area (Å²) in [6.07, 6.45) is 4.11. The van der Waals surface area contributed by atoms with Crippen LogP contribution in [0.5, 0.6) is 0 Å². The van der Waals surface area contributed by atoms with E-state index in [1.54, 1.807) is 6.20 Å². The highest BCUT2D eigenvalue weighted by molar-refractivity contribution is 5.92. The Balaban J connectivity index is 1.79. The molecule has 1 fully saturated rings. The van der Waals surface area contributed by atoms with Gasteiger partial charge in [-0.25, -0.2) is 9.97 Å². The number of likely N-dealkylation sites (N-methyl/N-ethyl adjacent to an activating group) is 1. The highest BCUT2D eigenvalue weighted by Crippen LogP contribution is 2.03. The van der Waals surface area contributed by atoms with Gasteiger partial charge in [0.25, 0.3) is 5.91 Å². The van der Waals surface area contributed by atoms with E-state index in [1.165, 1.54) is 6.20 Å². The number of nitrogens with one attached hydrogen (secondary N) is 2. The molecule has 0 spiro atoms. The van der Waals surface area contributed by atoms with Crippen molar-refractivity contribution in [1.29, 1.82) is 0 Å². The molecule has 1 aliphatic heterocycles. The van der Waals surface area contributed by atoms with Crippen molar-refractivity contribution < 1.29 is 9.53 Å². The van der Waals surface area contributed by atoms with Gasteiger partial charge in [0.1, 0.15) is 11.5 Å². The van der Waals surface area contributed by atoms with Gasteiger partial charge in [-0.2, -0.15) is 0 Å². The molecule has 1 atom stereocenters. The molecule has 1 aromatic rings. The lowest BCUT2D eigenvalue weighted by molar-refractivity contribution is -0.0175. The van der Waals surface area contributed by atoms with Gasteiger partial charge in [-0.1, -0.05) is 6.92 Å². The zero-order valence-corrected chi connectivity index (χ0v) is 12.6. The largest absolute Gasteiger partial charge is 0.374 e. The van der Waals surface area contributed by atoms with Crippen molar-refractivity contribution in [1.82, 2.24) is 20.2 Å². The third-order valence-electron chi connectivity index (χ3n) is 3.27. The van der Waals surface area contributed by atoms with Crippen LogP contribution in [0.2, 0.25) is 0 Å². The molecule has 7 nitrogen and oxygen atoms in total. The Morgan fingerprint density at radius 1 is 1.48 bits per heavy atom. The molecule has 0 aliphatic carbocycles. The van der Waals surface area contributed by atoms with E-state index in [4.69, 9.17) is 4.74 Å². The number of ether oxygens (including phenoxy) is 1. The molecule has 1 aromatic heterocycles. The molecule has 1 saturated heterocycles. The predicted octanol–water partition coefficient (Wildman–Crippen LogP) is 0.359. The average molecular weight is 293 g/mol. The van der Waals surface area contributed by atoms with Crippen LogP contribution in [0.3, 0.4) is 0 Å². The first kappa shape index (κ1) is 15.7. The number of hydrogen-bond donors (Lipinski definition) is 2. The van der Waals surface area contributed by atoms with E-state index in [9.17, 15) is 4.79 Å². The van der Waals surface area contributed by atoms with Crippen LogP contribution in [0, 0.1) is 0 Å². The van der Waals surface area contributed by atoms with E-state index < -0.39 is 0 Å². The van der Waals surface area contributed by atoms with E-state index in [1.807, 2.05) is 7.05 Å². The van der Waals surface area contributed by atoms with Crippen molar-refractivity contribution in [3.8, 4) is 0 Å². The minimum atomic E-state index is -0.221. The Bertz CT molecular complexity index is 451. The molecule has 1 amide bonds. The zero-order chi connectivity index (χ0) is 15.1. The minimum absolute atomic E-state index is 0.0335. The number of carbonyl (C=O) groups is 1. The fourth-order valence-corrected chi connectivity index (χ4v) is 2.08. The Kier molecular flexibility index (Phi) is 5.89. The Morgan fingerprint density at radius 2 is 2.33 bits per heavy atom. The van der Waals surface area contributed by atoms with E-state index >= 15 is 0 Å². The summed E-state index contributed by atoms with van der Waals surface area (Å²) in [5.41, 5.74) is 0.321. The van der Waals surface area contributed by atoms with Gasteiger partial charge in [-0.05, 0) is 13.5 Å². The number of morpholine rings is 1. The van der Waals surface area contributed by atoms with E-state index in [2.05, 4.69) is 32.4 Å². The Morgan fingerprint density at radius 3 is 3.00 bits per heavy atom. The lowest BCUT2D eigenvalue weighted by atomic mass is 10.2. The molecule has 2 N–H and O–H groups in total. The first-order valence-corrected chi connectivity index (χ1v) is 7.33. The fourth-order valence-electron chi connectivity index (χ4n) is 2.08. The molecule has 7 heteroatoms. The molecule has 0 aromatic carbocycles. The monoisotopic (exact) mass is 293 g/mol. The highest BCUT2D eigenvalue weighted by Gasteiger charge is 2.18. The fraction of sp³-hybridized carbons (Fsp3) is 0.643. The summed E-state index contributed by atoms with van der Waals surface area (Å²) in [4.78, 5) is 22.5. The third kappa shape index (κ3) is 4.95. The number of amides is 1. The van der Waals surface area contributed by atoms with Crippen LogP contribution in [0.15, 0.2) is 12.4 Å². The van der Waals surface area contributed by atoms with Gasteiger partial charge in [-0.15, -0.1) is 0 Å². The molecule has 0 bridgehead atoms. The van der Waals surface area contributed by atoms with Gasteiger partial charge < -0.3 is 20.3 Å². The molecule has 1 unspecified atom stereocenters. The smallest absolute Gasteiger partial charge is 0.271 e. The maximum Gasteiger partial charge on any atom is 0.271 e. The number of aromatic nitrogens is 2. The number of hydrogen-bond acceptors (Lipinski definition) is 6. The molecule has 2 rings (SSSR count). The summed E-state index contributed by atoms with van der Waals surface area (Å²) >= 11 is 0. The van der Waals surface area contributed by atoms with Crippen molar-refractivity contribution in [2.24, 2.45) is 0 Å². The molecule has 0 radical (unpaired) electrons. The quantitative estimate of drug-likeness (QED) is 0.788. The number of nitrogens with zero attached hydrogens (tertiary/aromatic N) is 3. The van der Waals surface area contributed by atoms with Crippen LogP contribution < -0.4 is 10.6 Å². The second-order valence-electron chi connectivity index (χ2n) is 5.18. The van der Waals surface area contributed by atoms with Gasteiger partial charge in [0.15, 0.2) is 0 Å². The summed E-state index contributed by atoms with van der Waals surface area (Å²) < 4.78 is 5.60. The summed E-state index contributed by atoms with van der Waals surface area (Å²) in [5.74, 6) is 0.465. The lowest BCUT2D eigenvalue weighted by Gasteiger charge is -2.30. The number of rotatable bonds is 6. The van der Waals surface area contributed by atoms with Crippen LogP contribution in [0.4, 0.5) is 5.82 Å². The first-order valence-electron chi connectivity index (χ1n) is 7.33. The third-order valence-corrected chi connectivity index (χ3v) is 3.27. The summed E-state index contributed by atoms with van der Waals surface area (Å²) in [6, 6.07) is 0. The predicted molar refractivity (Wildman–Crippen MR) is 80.4 cm³/mol. The molecule has 116 valence electrons. The number of anilines is 1. The van der Waals surface area contributed by atoms with Gasteiger partial charge in [0, 0.05) is 26.2 Å². The standard InChI is InChI=1S/C14H23N5O2/c1-3-4-15-13-9-16-12(8-17-13)14(20)18-7-11-10-19(2)5-6-21-11/h8-9,11H,3-7,10H2,1-2H3,(H,15,17)(H,18,20).